The molecule has 2 heterocycles. The standard InChI is InChI=1S/C20H18N4O2/c1-2-25-17-8-5-15(6-9-17)7-10-19-24-18(12-21)20(26-19)23-14-16-4-3-11-22-13-16/h3-11,13,23H,2,14H2,1H3. The van der Waals surface area contributed by atoms with Gasteiger partial charge in [-0.2, -0.15) is 10.2 Å². The predicted molar refractivity (Wildman–Crippen MR) is 99.3 cm³/mol. The predicted octanol–water partition coefficient (Wildman–Crippen LogP) is 4.12. The van der Waals surface area contributed by atoms with E-state index in [-0.39, 0.29) is 5.69 Å². The van der Waals surface area contributed by atoms with Crippen molar-refractivity contribution in [3.63, 3.8) is 0 Å². The Morgan fingerprint density at radius 2 is 2.08 bits per heavy atom. The molecule has 1 aromatic carbocycles. The van der Waals surface area contributed by atoms with Gasteiger partial charge in [0, 0.05) is 25.0 Å². The highest BCUT2D eigenvalue weighted by atomic mass is 16.5. The monoisotopic (exact) mass is 346 g/mol. The summed E-state index contributed by atoms with van der Waals surface area (Å²) in [6, 6.07) is 13.5. The largest absolute Gasteiger partial charge is 0.494 e. The van der Waals surface area contributed by atoms with E-state index in [2.05, 4.69) is 15.3 Å². The summed E-state index contributed by atoms with van der Waals surface area (Å²) in [5.41, 5.74) is 2.19. The fourth-order valence-corrected chi connectivity index (χ4v) is 2.30. The van der Waals surface area contributed by atoms with Crippen LogP contribution in [0.1, 0.15) is 29.6 Å². The van der Waals surface area contributed by atoms with E-state index in [1.807, 2.05) is 55.5 Å². The van der Waals surface area contributed by atoms with Crippen LogP contribution in [0.15, 0.2) is 53.2 Å². The lowest BCUT2D eigenvalue weighted by atomic mass is 10.2. The van der Waals surface area contributed by atoms with E-state index in [1.165, 1.54) is 0 Å². The first-order chi connectivity index (χ1) is 12.8. The van der Waals surface area contributed by atoms with Crippen LogP contribution in [0.2, 0.25) is 0 Å². The van der Waals surface area contributed by atoms with Gasteiger partial charge in [-0.15, -0.1) is 0 Å². The highest BCUT2D eigenvalue weighted by Gasteiger charge is 2.11. The minimum absolute atomic E-state index is 0.222. The molecule has 3 rings (SSSR count). The number of pyridine rings is 1. The van der Waals surface area contributed by atoms with Gasteiger partial charge >= 0.3 is 0 Å². The van der Waals surface area contributed by atoms with Crippen LogP contribution in [0.25, 0.3) is 12.2 Å². The summed E-state index contributed by atoms with van der Waals surface area (Å²) < 4.78 is 11.1. The molecule has 0 aliphatic rings. The zero-order chi connectivity index (χ0) is 18.2. The van der Waals surface area contributed by atoms with Crippen molar-refractivity contribution < 1.29 is 9.15 Å². The van der Waals surface area contributed by atoms with Crippen LogP contribution in [0.5, 0.6) is 5.75 Å². The second-order valence-corrected chi connectivity index (χ2v) is 5.39. The number of rotatable bonds is 7. The third kappa shape index (κ3) is 4.48. The summed E-state index contributed by atoms with van der Waals surface area (Å²) in [6.45, 7) is 3.08. The summed E-state index contributed by atoms with van der Waals surface area (Å²) in [4.78, 5) is 8.24. The van der Waals surface area contributed by atoms with Crippen molar-refractivity contribution >= 4 is 18.0 Å². The third-order valence-corrected chi connectivity index (χ3v) is 3.53. The summed E-state index contributed by atoms with van der Waals surface area (Å²) in [5.74, 6) is 1.54. The zero-order valence-corrected chi connectivity index (χ0v) is 14.3. The quantitative estimate of drug-likeness (QED) is 0.693. The maximum absolute atomic E-state index is 9.23. The molecule has 0 unspecified atom stereocenters. The van der Waals surface area contributed by atoms with Crippen molar-refractivity contribution in [2.45, 2.75) is 13.5 Å². The molecule has 0 radical (unpaired) electrons. The highest BCUT2D eigenvalue weighted by molar-refractivity contribution is 5.67. The van der Waals surface area contributed by atoms with E-state index in [0.29, 0.717) is 24.9 Å². The number of nitrogens with one attached hydrogen (secondary N) is 1. The lowest BCUT2D eigenvalue weighted by molar-refractivity contribution is 0.340. The Hall–Kier alpha value is -3.59. The van der Waals surface area contributed by atoms with E-state index < -0.39 is 0 Å². The number of anilines is 1. The topological polar surface area (TPSA) is 84.0 Å². The molecule has 1 N–H and O–H groups in total. The number of nitriles is 1. The fraction of sp³-hybridized carbons (Fsp3) is 0.150. The van der Waals surface area contributed by atoms with Crippen LogP contribution in [0.3, 0.4) is 0 Å². The van der Waals surface area contributed by atoms with Gasteiger partial charge in [0.25, 0.3) is 0 Å². The second kappa shape index (κ2) is 8.49. The summed E-state index contributed by atoms with van der Waals surface area (Å²) in [5, 5.41) is 12.3. The van der Waals surface area contributed by atoms with Crippen molar-refractivity contribution in [2.24, 2.45) is 0 Å². The summed E-state index contributed by atoms with van der Waals surface area (Å²) in [6.07, 6.45) is 7.06. The van der Waals surface area contributed by atoms with Crippen molar-refractivity contribution in [3.05, 3.63) is 71.5 Å². The van der Waals surface area contributed by atoms with Gasteiger partial charge in [0.2, 0.25) is 17.5 Å². The Kier molecular flexibility index (Phi) is 5.63. The maximum atomic E-state index is 9.23. The summed E-state index contributed by atoms with van der Waals surface area (Å²) >= 11 is 0. The molecule has 0 saturated carbocycles. The Morgan fingerprint density at radius 1 is 1.23 bits per heavy atom. The molecule has 0 amide bonds. The van der Waals surface area contributed by atoms with Gasteiger partial charge in [-0.05, 0) is 42.3 Å². The van der Waals surface area contributed by atoms with E-state index >= 15 is 0 Å². The lowest BCUT2D eigenvalue weighted by Gasteiger charge is -2.02. The molecule has 0 aliphatic heterocycles. The minimum Gasteiger partial charge on any atom is -0.494 e. The lowest BCUT2D eigenvalue weighted by Crippen LogP contribution is -1.99. The van der Waals surface area contributed by atoms with Gasteiger partial charge < -0.3 is 14.5 Å². The van der Waals surface area contributed by atoms with Crippen LogP contribution in [0, 0.1) is 11.3 Å². The molecule has 0 atom stereocenters. The average Bonchev–Trinajstić information content (AvgIpc) is 3.09. The van der Waals surface area contributed by atoms with Crippen LogP contribution >= 0.6 is 0 Å². The third-order valence-electron chi connectivity index (χ3n) is 3.53. The Balaban J connectivity index is 1.68. The number of ether oxygens (including phenoxy) is 1. The van der Waals surface area contributed by atoms with Crippen LogP contribution in [-0.2, 0) is 6.54 Å². The van der Waals surface area contributed by atoms with E-state index in [9.17, 15) is 5.26 Å². The van der Waals surface area contributed by atoms with Gasteiger partial charge in [-0.1, -0.05) is 18.2 Å². The molecule has 130 valence electrons. The SMILES string of the molecule is CCOc1ccc(C=Cc2nc(C#N)c(NCc3cccnc3)o2)cc1. The molecule has 0 fully saturated rings. The Bertz CT molecular complexity index is 909. The molecule has 0 spiro atoms. The number of nitrogens with zero attached hydrogens (tertiary/aromatic N) is 3. The molecule has 3 aromatic rings. The number of hydrogen-bond acceptors (Lipinski definition) is 6. The average molecular weight is 346 g/mol. The smallest absolute Gasteiger partial charge is 0.232 e. The van der Waals surface area contributed by atoms with Crippen LogP contribution in [-0.4, -0.2) is 16.6 Å². The number of hydrogen-bond donors (Lipinski definition) is 1. The highest BCUT2D eigenvalue weighted by Crippen LogP contribution is 2.20. The molecule has 0 bridgehead atoms. The normalized spacial score (nSPS) is 10.6. The van der Waals surface area contributed by atoms with Crippen LogP contribution in [0.4, 0.5) is 5.88 Å². The van der Waals surface area contributed by atoms with E-state index in [1.54, 1.807) is 18.5 Å². The fourth-order valence-electron chi connectivity index (χ4n) is 2.30. The van der Waals surface area contributed by atoms with Gasteiger partial charge in [-0.25, -0.2) is 0 Å². The second-order valence-electron chi connectivity index (χ2n) is 5.39. The van der Waals surface area contributed by atoms with E-state index in [4.69, 9.17) is 9.15 Å². The summed E-state index contributed by atoms with van der Waals surface area (Å²) in [7, 11) is 0. The molecular weight excluding hydrogens is 328 g/mol. The van der Waals surface area contributed by atoms with Crippen molar-refractivity contribution in [2.75, 3.05) is 11.9 Å². The first-order valence-corrected chi connectivity index (χ1v) is 8.23. The number of aromatic nitrogens is 2. The van der Waals surface area contributed by atoms with Gasteiger partial charge in [0.15, 0.2) is 0 Å². The Labute approximate surface area is 151 Å². The van der Waals surface area contributed by atoms with E-state index in [0.717, 1.165) is 16.9 Å². The van der Waals surface area contributed by atoms with Crippen molar-refractivity contribution in [1.82, 2.24) is 9.97 Å². The zero-order valence-electron chi connectivity index (χ0n) is 14.3. The first-order valence-electron chi connectivity index (χ1n) is 8.23. The first kappa shape index (κ1) is 17.2. The molecule has 0 aliphatic carbocycles. The van der Waals surface area contributed by atoms with Crippen molar-refractivity contribution in [3.8, 4) is 11.8 Å². The maximum Gasteiger partial charge on any atom is 0.232 e. The van der Waals surface area contributed by atoms with Gasteiger partial charge in [0.05, 0.1) is 6.61 Å². The van der Waals surface area contributed by atoms with Gasteiger partial charge in [0.1, 0.15) is 11.8 Å². The molecule has 6 nitrogen and oxygen atoms in total. The van der Waals surface area contributed by atoms with Gasteiger partial charge in [-0.3, -0.25) is 4.98 Å². The minimum atomic E-state index is 0.222. The molecule has 0 saturated heterocycles. The molecule has 6 heteroatoms. The van der Waals surface area contributed by atoms with Crippen LogP contribution < -0.4 is 10.1 Å². The Morgan fingerprint density at radius 3 is 2.77 bits per heavy atom. The molecular formula is C20H18N4O2. The number of oxazole rings is 1. The molecule has 26 heavy (non-hydrogen) atoms. The molecule has 2 aromatic heterocycles. The number of benzene rings is 1. The van der Waals surface area contributed by atoms with Crippen molar-refractivity contribution in [1.29, 1.82) is 5.26 Å².